The standard InChI is InChI=1S/C10H14F3N5/c11-10(12,13)9(4-1-5-14-9)8-15-17-18(16-8)6-7-2-3-7/h7,14H,1-6H2. The second-order valence-electron chi connectivity index (χ2n) is 5.04. The van der Waals surface area contributed by atoms with Crippen LogP contribution in [0.15, 0.2) is 0 Å². The van der Waals surface area contributed by atoms with E-state index >= 15 is 0 Å². The summed E-state index contributed by atoms with van der Waals surface area (Å²) in [6.45, 7) is 0.900. The van der Waals surface area contributed by atoms with Crippen molar-refractivity contribution in [3.05, 3.63) is 5.82 Å². The summed E-state index contributed by atoms with van der Waals surface area (Å²) in [6, 6.07) is 0. The Kier molecular flexibility index (Phi) is 2.58. The van der Waals surface area contributed by atoms with E-state index in [1.807, 2.05) is 0 Å². The van der Waals surface area contributed by atoms with E-state index in [0.717, 1.165) is 12.8 Å². The van der Waals surface area contributed by atoms with Gasteiger partial charge in [-0.25, -0.2) is 0 Å². The van der Waals surface area contributed by atoms with Gasteiger partial charge in [-0.3, -0.25) is 5.32 Å². The number of hydrogen-bond acceptors (Lipinski definition) is 4. The first-order chi connectivity index (χ1) is 8.51. The van der Waals surface area contributed by atoms with E-state index in [4.69, 9.17) is 0 Å². The molecule has 1 aromatic rings. The molecule has 2 aliphatic rings. The van der Waals surface area contributed by atoms with Crippen LogP contribution in [0.1, 0.15) is 31.5 Å². The molecular formula is C10H14F3N5. The lowest BCUT2D eigenvalue weighted by molar-refractivity contribution is -0.198. The van der Waals surface area contributed by atoms with Gasteiger partial charge in [0.25, 0.3) is 0 Å². The number of tetrazole rings is 1. The van der Waals surface area contributed by atoms with Crippen molar-refractivity contribution in [2.45, 2.75) is 43.9 Å². The van der Waals surface area contributed by atoms with Gasteiger partial charge in [-0.2, -0.15) is 18.0 Å². The smallest absolute Gasteiger partial charge is 0.297 e. The third-order valence-corrected chi connectivity index (χ3v) is 3.59. The summed E-state index contributed by atoms with van der Waals surface area (Å²) in [5.41, 5.74) is -2.10. The van der Waals surface area contributed by atoms with E-state index in [1.54, 1.807) is 0 Å². The number of nitrogens with one attached hydrogen (secondary N) is 1. The zero-order valence-electron chi connectivity index (χ0n) is 9.74. The predicted octanol–water partition coefficient (Wildman–Crippen LogP) is 1.22. The largest absolute Gasteiger partial charge is 0.414 e. The molecule has 1 unspecified atom stereocenters. The van der Waals surface area contributed by atoms with Crippen LogP contribution in [-0.4, -0.2) is 32.9 Å². The highest BCUT2D eigenvalue weighted by atomic mass is 19.4. The van der Waals surface area contributed by atoms with Gasteiger partial charge in [0.2, 0.25) is 5.82 Å². The Morgan fingerprint density at radius 3 is 2.72 bits per heavy atom. The van der Waals surface area contributed by atoms with Crippen molar-refractivity contribution < 1.29 is 13.2 Å². The molecule has 0 spiro atoms. The van der Waals surface area contributed by atoms with Crippen LogP contribution >= 0.6 is 0 Å². The maximum absolute atomic E-state index is 13.2. The summed E-state index contributed by atoms with van der Waals surface area (Å²) in [7, 11) is 0. The zero-order chi connectivity index (χ0) is 12.8. The minimum atomic E-state index is -4.39. The molecule has 3 rings (SSSR count). The van der Waals surface area contributed by atoms with E-state index < -0.39 is 11.7 Å². The number of halogens is 3. The molecule has 1 N–H and O–H groups in total. The summed E-state index contributed by atoms with van der Waals surface area (Å²) in [6.07, 6.45) is -1.75. The molecule has 100 valence electrons. The predicted molar refractivity (Wildman–Crippen MR) is 55.5 cm³/mol. The van der Waals surface area contributed by atoms with Crippen LogP contribution in [-0.2, 0) is 12.1 Å². The maximum Gasteiger partial charge on any atom is 0.414 e. The van der Waals surface area contributed by atoms with Crippen LogP contribution in [0.3, 0.4) is 0 Å². The van der Waals surface area contributed by atoms with Gasteiger partial charge in [0.15, 0.2) is 5.54 Å². The molecule has 2 heterocycles. The molecule has 0 aromatic carbocycles. The Hall–Kier alpha value is -1.18. The monoisotopic (exact) mass is 261 g/mol. The molecule has 0 radical (unpaired) electrons. The maximum atomic E-state index is 13.2. The number of nitrogens with zero attached hydrogens (tertiary/aromatic N) is 4. The molecule has 8 heteroatoms. The van der Waals surface area contributed by atoms with Crippen LogP contribution < -0.4 is 5.32 Å². The van der Waals surface area contributed by atoms with Crippen LogP contribution in [0.2, 0.25) is 0 Å². The van der Waals surface area contributed by atoms with Crippen molar-refractivity contribution in [2.24, 2.45) is 5.92 Å². The van der Waals surface area contributed by atoms with E-state index in [1.165, 1.54) is 4.80 Å². The highest BCUT2D eigenvalue weighted by Crippen LogP contribution is 2.43. The van der Waals surface area contributed by atoms with E-state index in [0.29, 0.717) is 25.4 Å². The van der Waals surface area contributed by atoms with E-state index in [9.17, 15) is 13.2 Å². The average Bonchev–Trinajstić information content (AvgIpc) is 2.81. The van der Waals surface area contributed by atoms with E-state index in [2.05, 4.69) is 20.7 Å². The molecule has 2 fully saturated rings. The summed E-state index contributed by atoms with van der Waals surface area (Å²) >= 11 is 0. The second-order valence-corrected chi connectivity index (χ2v) is 5.04. The lowest BCUT2D eigenvalue weighted by atomic mass is 9.96. The lowest BCUT2D eigenvalue weighted by Gasteiger charge is -2.28. The Balaban J connectivity index is 1.87. The fourth-order valence-corrected chi connectivity index (χ4v) is 2.33. The minimum absolute atomic E-state index is 0.0222. The van der Waals surface area contributed by atoms with Crippen molar-refractivity contribution in [3.63, 3.8) is 0 Å². The summed E-state index contributed by atoms with van der Waals surface area (Å²) < 4.78 is 39.6. The van der Waals surface area contributed by atoms with Crippen LogP contribution in [0.5, 0.6) is 0 Å². The quantitative estimate of drug-likeness (QED) is 0.889. The van der Waals surface area contributed by atoms with Gasteiger partial charge in [0, 0.05) is 0 Å². The fourth-order valence-electron chi connectivity index (χ4n) is 2.33. The molecule has 1 aliphatic carbocycles. The summed E-state index contributed by atoms with van der Waals surface area (Å²) in [5, 5.41) is 13.8. The number of hydrogen-bond donors (Lipinski definition) is 1. The molecule has 5 nitrogen and oxygen atoms in total. The molecule has 1 atom stereocenters. The first-order valence-corrected chi connectivity index (χ1v) is 6.11. The van der Waals surface area contributed by atoms with Gasteiger partial charge in [-0.05, 0) is 43.4 Å². The van der Waals surface area contributed by atoms with Crippen molar-refractivity contribution in [1.29, 1.82) is 0 Å². The molecule has 1 saturated carbocycles. The molecule has 0 bridgehead atoms. The second kappa shape index (κ2) is 3.91. The van der Waals surface area contributed by atoms with Crippen LogP contribution in [0.25, 0.3) is 0 Å². The van der Waals surface area contributed by atoms with Gasteiger partial charge in [-0.1, -0.05) is 0 Å². The Morgan fingerprint density at radius 1 is 1.39 bits per heavy atom. The van der Waals surface area contributed by atoms with Gasteiger partial charge in [-0.15, -0.1) is 10.2 Å². The number of alkyl halides is 3. The summed E-state index contributed by atoms with van der Waals surface area (Å²) in [4.78, 5) is 1.29. The molecule has 1 aliphatic heterocycles. The van der Waals surface area contributed by atoms with Gasteiger partial charge in [0.1, 0.15) is 0 Å². The Morgan fingerprint density at radius 2 is 2.17 bits per heavy atom. The lowest BCUT2D eigenvalue weighted by Crippen LogP contribution is -2.50. The number of aromatic nitrogens is 4. The van der Waals surface area contributed by atoms with Crippen molar-refractivity contribution in [1.82, 2.24) is 25.5 Å². The Bertz CT molecular complexity index is 431. The minimum Gasteiger partial charge on any atom is -0.297 e. The Labute approximate surface area is 102 Å². The molecule has 1 saturated heterocycles. The van der Waals surface area contributed by atoms with Gasteiger partial charge in [0.05, 0.1) is 6.54 Å². The summed E-state index contributed by atoms with van der Waals surface area (Å²) in [5.74, 6) is 0.263. The van der Waals surface area contributed by atoms with Gasteiger partial charge < -0.3 is 0 Å². The highest BCUT2D eigenvalue weighted by molar-refractivity contribution is 5.11. The van der Waals surface area contributed by atoms with E-state index in [-0.39, 0.29) is 12.2 Å². The zero-order valence-corrected chi connectivity index (χ0v) is 9.74. The van der Waals surface area contributed by atoms with Crippen LogP contribution in [0.4, 0.5) is 13.2 Å². The normalized spacial score (nSPS) is 28.8. The first kappa shape index (κ1) is 11.9. The van der Waals surface area contributed by atoms with Crippen molar-refractivity contribution >= 4 is 0 Å². The average molecular weight is 261 g/mol. The molecule has 0 amide bonds. The molecule has 1 aromatic heterocycles. The third-order valence-electron chi connectivity index (χ3n) is 3.59. The molecular weight excluding hydrogens is 247 g/mol. The topological polar surface area (TPSA) is 55.6 Å². The van der Waals surface area contributed by atoms with Crippen LogP contribution in [0, 0.1) is 5.92 Å². The molecule has 18 heavy (non-hydrogen) atoms. The van der Waals surface area contributed by atoms with Crippen molar-refractivity contribution in [2.75, 3.05) is 6.54 Å². The highest BCUT2D eigenvalue weighted by Gasteiger charge is 2.60. The fraction of sp³-hybridized carbons (Fsp3) is 0.900. The van der Waals surface area contributed by atoms with Gasteiger partial charge >= 0.3 is 6.18 Å². The van der Waals surface area contributed by atoms with Crippen molar-refractivity contribution in [3.8, 4) is 0 Å². The number of rotatable bonds is 3. The SMILES string of the molecule is FC(F)(F)C1(c2nnn(CC3CC3)n2)CCCN1. The first-order valence-electron chi connectivity index (χ1n) is 6.11. The third kappa shape index (κ3) is 1.88.